The molecule has 1 atom stereocenters. The molecule has 0 radical (unpaired) electrons. The number of methoxy groups -OCH3 is 2. The number of benzene rings is 3. The highest BCUT2D eigenvalue weighted by Crippen LogP contribution is 2.36. The van der Waals surface area contributed by atoms with Crippen LogP contribution in [0.4, 0.5) is 0 Å². The van der Waals surface area contributed by atoms with Crippen LogP contribution >= 0.6 is 11.3 Å². The summed E-state index contributed by atoms with van der Waals surface area (Å²) in [6.45, 7) is 3.71. The number of ether oxygens (including phenoxy) is 3. The van der Waals surface area contributed by atoms with Crippen molar-refractivity contribution in [3.63, 3.8) is 0 Å². The number of carbonyl (C=O) groups excluding carboxylic acids is 1. The lowest BCUT2D eigenvalue weighted by molar-refractivity contribution is -0.139. The molecule has 3 heterocycles. The number of para-hydroxylation sites is 1. The number of nitrogens with one attached hydrogen (secondary N) is 1. The fourth-order valence-electron chi connectivity index (χ4n) is 5.41. The van der Waals surface area contributed by atoms with E-state index in [4.69, 9.17) is 19.2 Å². The molecule has 5 aromatic rings. The first-order valence-electron chi connectivity index (χ1n) is 13.5. The minimum Gasteiger partial charge on any atom is -0.493 e. The van der Waals surface area contributed by atoms with E-state index in [9.17, 15) is 9.59 Å². The minimum absolute atomic E-state index is 0.196. The van der Waals surface area contributed by atoms with E-state index >= 15 is 0 Å². The topological polar surface area (TPSA) is 94.9 Å². The quantitative estimate of drug-likeness (QED) is 0.275. The highest BCUT2D eigenvalue weighted by atomic mass is 32.1. The van der Waals surface area contributed by atoms with Gasteiger partial charge < -0.3 is 19.2 Å². The second-order valence-electron chi connectivity index (χ2n) is 9.74. The maximum atomic E-state index is 14.3. The van der Waals surface area contributed by atoms with Gasteiger partial charge in [-0.3, -0.25) is 9.36 Å². The number of carbonyl (C=O) groups is 1. The van der Waals surface area contributed by atoms with Crippen LogP contribution in [-0.4, -0.2) is 36.3 Å². The van der Waals surface area contributed by atoms with Crippen molar-refractivity contribution in [2.45, 2.75) is 19.9 Å². The lowest BCUT2D eigenvalue weighted by atomic mass is 9.95. The first-order valence-corrected chi connectivity index (χ1v) is 14.3. The highest BCUT2D eigenvalue weighted by Gasteiger charge is 2.34. The molecule has 6 rings (SSSR count). The summed E-state index contributed by atoms with van der Waals surface area (Å²) in [6, 6.07) is 22.7. The zero-order valence-corrected chi connectivity index (χ0v) is 24.5. The fourth-order valence-corrected chi connectivity index (χ4v) is 6.44. The molecule has 0 fully saturated rings. The van der Waals surface area contributed by atoms with Crippen LogP contribution in [0.1, 0.15) is 31.0 Å². The molecular formula is C33H29N3O5S. The van der Waals surface area contributed by atoms with E-state index in [0.717, 1.165) is 27.7 Å². The molecule has 212 valence electrons. The Morgan fingerprint density at radius 2 is 1.76 bits per heavy atom. The average Bonchev–Trinajstić information content (AvgIpc) is 3.53. The van der Waals surface area contributed by atoms with Crippen molar-refractivity contribution < 1.29 is 19.0 Å². The van der Waals surface area contributed by atoms with Crippen LogP contribution in [0.25, 0.3) is 28.2 Å². The molecule has 2 aromatic heterocycles. The standard InChI is InChI=1S/C33H29N3O5S/c1-5-41-32(38)28-19(2)34-33-36(30(28)21-15-16-25(39-3)26(17-21)40-4)31(37)27(42-33)18-23-22-13-9-10-14-24(22)35-29(23)20-11-7-6-8-12-20/h6-18,30,35H,5H2,1-4H3/b27-18+. The third kappa shape index (κ3) is 4.61. The van der Waals surface area contributed by atoms with Crippen LogP contribution < -0.4 is 24.4 Å². The van der Waals surface area contributed by atoms with Crippen LogP contribution in [0.5, 0.6) is 11.5 Å². The molecule has 1 aliphatic heterocycles. The van der Waals surface area contributed by atoms with E-state index in [-0.39, 0.29) is 12.2 Å². The van der Waals surface area contributed by atoms with E-state index in [1.807, 2.05) is 66.7 Å². The van der Waals surface area contributed by atoms with Crippen molar-refractivity contribution >= 4 is 34.3 Å². The Bertz CT molecular complexity index is 2040. The summed E-state index contributed by atoms with van der Waals surface area (Å²) in [5.74, 6) is 0.511. The lowest BCUT2D eigenvalue weighted by Gasteiger charge is -2.25. The molecule has 1 unspecified atom stereocenters. The van der Waals surface area contributed by atoms with Gasteiger partial charge in [0.2, 0.25) is 0 Å². The smallest absolute Gasteiger partial charge is 0.338 e. The van der Waals surface area contributed by atoms with Gasteiger partial charge >= 0.3 is 5.97 Å². The molecule has 3 aromatic carbocycles. The van der Waals surface area contributed by atoms with E-state index in [2.05, 4.69) is 4.98 Å². The van der Waals surface area contributed by atoms with Gasteiger partial charge in [0.1, 0.15) is 0 Å². The zero-order valence-electron chi connectivity index (χ0n) is 23.6. The molecule has 0 spiro atoms. The largest absolute Gasteiger partial charge is 0.493 e. The van der Waals surface area contributed by atoms with Gasteiger partial charge in [0.25, 0.3) is 5.56 Å². The number of nitrogens with zero attached hydrogens (tertiary/aromatic N) is 2. The Balaban J connectivity index is 1.61. The molecular weight excluding hydrogens is 550 g/mol. The van der Waals surface area contributed by atoms with Gasteiger partial charge in [-0.2, -0.15) is 0 Å². The third-order valence-electron chi connectivity index (χ3n) is 7.32. The first kappa shape index (κ1) is 27.3. The second-order valence-corrected chi connectivity index (χ2v) is 10.8. The predicted molar refractivity (Wildman–Crippen MR) is 164 cm³/mol. The molecule has 0 amide bonds. The van der Waals surface area contributed by atoms with Crippen LogP contribution in [0.2, 0.25) is 0 Å². The van der Waals surface area contributed by atoms with Crippen LogP contribution in [0.15, 0.2) is 93.9 Å². The number of aromatic amines is 1. The maximum absolute atomic E-state index is 14.3. The summed E-state index contributed by atoms with van der Waals surface area (Å²) in [5, 5.41) is 1.00. The SMILES string of the molecule is CCOC(=O)C1=C(C)N=c2s/c(=C/c3c(-c4ccccc4)[nH]c4ccccc34)c(=O)n2C1c1ccc(OC)c(OC)c1. The maximum Gasteiger partial charge on any atom is 0.338 e. The predicted octanol–water partition coefficient (Wildman–Crippen LogP) is 4.96. The van der Waals surface area contributed by atoms with Gasteiger partial charge in [0, 0.05) is 16.5 Å². The van der Waals surface area contributed by atoms with Gasteiger partial charge in [0.05, 0.1) is 48.4 Å². The number of thiazole rings is 1. The van der Waals surface area contributed by atoms with Crippen molar-refractivity contribution in [2.24, 2.45) is 4.99 Å². The normalized spacial score (nSPS) is 15.0. The molecule has 0 saturated carbocycles. The molecule has 9 heteroatoms. The number of H-pyrrole nitrogens is 1. The highest BCUT2D eigenvalue weighted by molar-refractivity contribution is 7.07. The molecule has 0 aliphatic carbocycles. The van der Waals surface area contributed by atoms with Crippen molar-refractivity contribution in [2.75, 3.05) is 20.8 Å². The Hall–Kier alpha value is -4.89. The second kappa shape index (κ2) is 11.2. The third-order valence-corrected chi connectivity index (χ3v) is 8.31. The van der Waals surface area contributed by atoms with Crippen molar-refractivity contribution in [1.82, 2.24) is 9.55 Å². The fraction of sp³-hybridized carbons (Fsp3) is 0.182. The van der Waals surface area contributed by atoms with Crippen molar-refractivity contribution in [3.05, 3.63) is 115 Å². The van der Waals surface area contributed by atoms with Crippen LogP contribution in [0, 0.1) is 0 Å². The Morgan fingerprint density at radius 1 is 1.02 bits per heavy atom. The van der Waals surface area contributed by atoms with Gasteiger partial charge in [-0.1, -0.05) is 65.9 Å². The monoisotopic (exact) mass is 579 g/mol. The first-order chi connectivity index (χ1) is 20.4. The van der Waals surface area contributed by atoms with Gasteiger partial charge in [-0.15, -0.1) is 0 Å². The number of esters is 1. The number of fused-ring (bicyclic) bond motifs is 2. The number of allylic oxidation sites excluding steroid dienone is 1. The Labute approximate surface area is 245 Å². The number of hydrogen-bond donors (Lipinski definition) is 1. The van der Waals surface area contributed by atoms with Crippen molar-refractivity contribution in [1.29, 1.82) is 0 Å². The van der Waals surface area contributed by atoms with Gasteiger partial charge in [-0.25, -0.2) is 9.79 Å². The van der Waals surface area contributed by atoms with E-state index < -0.39 is 12.0 Å². The number of hydrogen-bond acceptors (Lipinski definition) is 7. The summed E-state index contributed by atoms with van der Waals surface area (Å²) in [6.07, 6.45) is 1.92. The van der Waals surface area contributed by atoms with Gasteiger partial charge in [0.15, 0.2) is 16.3 Å². The molecule has 1 N–H and O–H groups in total. The molecule has 8 nitrogen and oxygen atoms in total. The summed E-state index contributed by atoms with van der Waals surface area (Å²) >= 11 is 1.29. The minimum atomic E-state index is -0.765. The number of rotatable bonds is 7. The van der Waals surface area contributed by atoms with Crippen LogP contribution in [0.3, 0.4) is 0 Å². The Kier molecular flexibility index (Phi) is 7.26. The Morgan fingerprint density at radius 3 is 2.50 bits per heavy atom. The molecule has 0 saturated heterocycles. The zero-order chi connectivity index (χ0) is 29.4. The summed E-state index contributed by atoms with van der Waals surface area (Å²) < 4.78 is 18.5. The number of aromatic nitrogens is 2. The average molecular weight is 580 g/mol. The van der Waals surface area contributed by atoms with E-state index in [1.54, 1.807) is 44.8 Å². The van der Waals surface area contributed by atoms with Gasteiger partial charge in [-0.05, 0) is 49.2 Å². The van der Waals surface area contributed by atoms with E-state index in [1.165, 1.54) is 11.3 Å². The molecule has 42 heavy (non-hydrogen) atoms. The van der Waals surface area contributed by atoms with Crippen molar-refractivity contribution in [3.8, 4) is 22.8 Å². The van der Waals surface area contributed by atoms with E-state index in [0.29, 0.717) is 37.7 Å². The van der Waals surface area contributed by atoms with Crippen LogP contribution in [-0.2, 0) is 9.53 Å². The summed E-state index contributed by atoms with van der Waals surface area (Å²) in [4.78, 5) is 36.3. The summed E-state index contributed by atoms with van der Waals surface area (Å²) in [7, 11) is 3.11. The molecule has 0 bridgehead atoms. The lowest BCUT2D eigenvalue weighted by Crippen LogP contribution is -2.40. The molecule has 1 aliphatic rings. The summed E-state index contributed by atoms with van der Waals surface area (Å²) in [5.41, 5.74) is 5.04.